The van der Waals surface area contributed by atoms with Crippen LogP contribution in [0.1, 0.15) is 43.6 Å². The highest BCUT2D eigenvalue weighted by Gasteiger charge is 2.35. The Morgan fingerprint density at radius 3 is 2.61 bits per heavy atom. The van der Waals surface area contributed by atoms with Crippen LogP contribution < -0.4 is 10.9 Å². The Balaban J connectivity index is 1.42. The molecular weight excluding hydrogens is 597 g/mol. The van der Waals surface area contributed by atoms with Crippen LogP contribution in [0, 0.1) is 5.92 Å². The normalized spacial score (nSPS) is 17.2. The number of pyridine rings is 2. The van der Waals surface area contributed by atoms with Crippen molar-refractivity contribution in [3.63, 3.8) is 0 Å². The monoisotopic (exact) mass is 620 g/mol. The van der Waals surface area contributed by atoms with E-state index in [-0.39, 0.29) is 23.2 Å². The molecule has 2 unspecified atom stereocenters. The Labute approximate surface area is 253 Å². The molecule has 14 heteroatoms. The number of hydrogen-bond donors (Lipinski definition) is 1. The highest BCUT2D eigenvalue weighted by atomic mass is 35.5. The molecule has 4 aromatic heterocycles. The number of nitrogens with zero attached hydrogens (tertiary/aromatic N) is 7. The lowest BCUT2D eigenvalue weighted by molar-refractivity contribution is -0.141. The topological polar surface area (TPSA) is 120 Å². The van der Waals surface area contributed by atoms with Gasteiger partial charge in [-0.3, -0.25) is 24.1 Å². The molecule has 6 rings (SSSR count). The smallest absolute Gasteiger partial charge is 0.324 e. The average Bonchev–Trinajstić information content (AvgIpc) is 3.51. The molecule has 0 saturated heterocycles. The van der Waals surface area contributed by atoms with Crippen molar-refractivity contribution in [3.05, 3.63) is 100 Å². The van der Waals surface area contributed by atoms with Gasteiger partial charge in [0.2, 0.25) is 5.91 Å². The fourth-order valence-electron chi connectivity index (χ4n) is 5.19. The second kappa shape index (κ2) is 11.6. The summed E-state index contributed by atoms with van der Waals surface area (Å²) in [6, 6.07) is 10.8. The summed E-state index contributed by atoms with van der Waals surface area (Å²) < 4.78 is 42.0. The van der Waals surface area contributed by atoms with Crippen molar-refractivity contribution < 1.29 is 18.0 Å². The molecule has 1 amide bonds. The minimum Gasteiger partial charge on any atom is -0.324 e. The molecular formula is C30H24ClF3N8O2. The lowest BCUT2D eigenvalue weighted by Gasteiger charge is -2.22. The van der Waals surface area contributed by atoms with Crippen LogP contribution in [0.3, 0.4) is 0 Å². The Morgan fingerprint density at radius 1 is 1.00 bits per heavy atom. The van der Waals surface area contributed by atoms with Gasteiger partial charge in [0, 0.05) is 40.5 Å². The molecule has 10 nitrogen and oxygen atoms in total. The Bertz CT molecular complexity index is 1920. The van der Waals surface area contributed by atoms with Gasteiger partial charge in [-0.1, -0.05) is 30.2 Å². The lowest BCUT2D eigenvalue weighted by Crippen LogP contribution is -2.27. The second-order valence-corrected chi connectivity index (χ2v) is 10.9. The number of aromatic nitrogens is 7. The van der Waals surface area contributed by atoms with Crippen LogP contribution in [0.4, 0.5) is 18.9 Å². The van der Waals surface area contributed by atoms with Crippen LogP contribution in [0.2, 0.25) is 5.02 Å². The zero-order chi connectivity index (χ0) is 31.0. The number of rotatable bonds is 3. The van der Waals surface area contributed by atoms with Crippen LogP contribution in [-0.2, 0) is 11.0 Å². The summed E-state index contributed by atoms with van der Waals surface area (Å²) in [4.78, 5) is 39.9. The minimum atomic E-state index is -4.68. The standard InChI is InChI=1S/C30H24ClF3N8O2/c1-17-3-2-4-26(23-11-18(7-10-36-23)20-8-9-35-14-24(20)38-29(17)44)41-16-37-22(13-28(41)43)21-12-19(31)5-6-25(21)42-15-27(39-40-42)30(32,33)34/h5-17,26H,2-4H2,1H3,(H,38,44). The van der Waals surface area contributed by atoms with E-state index < -0.39 is 23.5 Å². The number of hydrogen-bond acceptors (Lipinski definition) is 7. The van der Waals surface area contributed by atoms with Gasteiger partial charge >= 0.3 is 6.18 Å². The molecule has 0 aliphatic carbocycles. The number of halogens is 4. The minimum absolute atomic E-state index is 0.124. The highest BCUT2D eigenvalue weighted by molar-refractivity contribution is 6.31. The molecule has 44 heavy (non-hydrogen) atoms. The van der Waals surface area contributed by atoms with E-state index in [0.717, 1.165) is 22.0 Å². The van der Waals surface area contributed by atoms with Crippen LogP contribution in [0.15, 0.2) is 78.4 Å². The largest absolute Gasteiger partial charge is 0.436 e. The first-order valence-electron chi connectivity index (χ1n) is 13.7. The number of amides is 1. The van der Waals surface area contributed by atoms with Crippen molar-refractivity contribution in [1.29, 1.82) is 0 Å². The first-order valence-corrected chi connectivity index (χ1v) is 14.1. The van der Waals surface area contributed by atoms with E-state index in [9.17, 15) is 22.8 Å². The highest BCUT2D eigenvalue weighted by Crippen LogP contribution is 2.34. The van der Waals surface area contributed by atoms with E-state index in [0.29, 0.717) is 41.2 Å². The molecule has 5 heterocycles. The number of nitrogens with one attached hydrogen (secondary N) is 1. The summed E-state index contributed by atoms with van der Waals surface area (Å²) in [6.07, 6.45) is 4.05. The van der Waals surface area contributed by atoms with E-state index in [4.69, 9.17) is 11.6 Å². The second-order valence-electron chi connectivity index (χ2n) is 10.5. The summed E-state index contributed by atoms with van der Waals surface area (Å²) in [5, 5.41) is 10.1. The van der Waals surface area contributed by atoms with Gasteiger partial charge in [0.1, 0.15) is 0 Å². The van der Waals surface area contributed by atoms with Gasteiger partial charge in [0.15, 0.2) is 5.69 Å². The van der Waals surface area contributed by atoms with E-state index in [1.165, 1.54) is 35.2 Å². The quantitative estimate of drug-likeness (QED) is 0.264. The maximum atomic E-state index is 13.7. The first-order chi connectivity index (χ1) is 21.1. The predicted octanol–water partition coefficient (Wildman–Crippen LogP) is 5.97. The van der Waals surface area contributed by atoms with E-state index in [1.807, 2.05) is 19.1 Å². The molecule has 1 N–H and O–H groups in total. The Kier molecular flexibility index (Phi) is 7.72. The van der Waals surface area contributed by atoms with Crippen molar-refractivity contribution in [2.75, 3.05) is 5.32 Å². The molecule has 1 aliphatic rings. The fraction of sp³-hybridized carbons (Fsp3) is 0.233. The van der Waals surface area contributed by atoms with Gasteiger partial charge in [0.05, 0.1) is 47.5 Å². The molecule has 2 bridgehead atoms. The molecule has 1 aliphatic heterocycles. The third-order valence-electron chi connectivity index (χ3n) is 7.51. The summed E-state index contributed by atoms with van der Waals surface area (Å²) in [7, 11) is 0. The molecule has 5 aromatic rings. The van der Waals surface area contributed by atoms with Crippen molar-refractivity contribution in [2.45, 2.75) is 38.4 Å². The lowest BCUT2D eigenvalue weighted by atomic mass is 9.96. The summed E-state index contributed by atoms with van der Waals surface area (Å²) in [5.74, 6) is -0.413. The number of alkyl halides is 3. The first kappa shape index (κ1) is 29.2. The van der Waals surface area contributed by atoms with Crippen molar-refractivity contribution in [3.8, 4) is 28.1 Å². The molecule has 1 aromatic carbocycles. The molecule has 224 valence electrons. The van der Waals surface area contributed by atoms with Gasteiger partial charge < -0.3 is 5.32 Å². The molecule has 0 radical (unpaired) electrons. The number of fused-ring (bicyclic) bond motifs is 4. The van der Waals surface area contributed by atoms with E-state index >= 15 is 0 Å². The van der Waals surface area contributed by atoms with Gasteiger partial charge in [-0.25, -0.2) is 9.67 Å². The van der Waals surface area contributed by atoms with Crippen LogP contribution in [0.25, 0.3) is 28.1 Å². The Morgan fingerprint density at radius 2 is 1.84 bits per heavy atom. The van der Waals surface area contributed by atoms with E-state index in [2.05, 4.69) is 30.6 Å². The summed E-state index contributed by atoms with van der Waals surface area (Å²) in [5.41, 5.74) is 1.89. The van der Waals surface area contributed by atoms with Crippen molar-refractivity contribution in [2.24, 2.45) is 5.92 Å². The third-order valence-corrected chi connectivity index (χ3v) is 7.75. The molecule has 0 saturated carbocycles. The summed E-state index contributed by atoms with van der Waals surface area (Å²) in [6.45, 7) is 1.85. The van der Waals surface area contributed by atoms with Gasteiger partial charge in [0.25, 0.3) is 5.56 Å². The molecule has 0 fully saturated rings. The SMILES string of the molecule is CC1CCCC(n2cnc(-c3cc(Cl)ccc3-n3cc(C(F)(F)F)nn3)cc2=O)c2cc(ccn2)-c2ccncc2NC1=O. The third kappa shape index (κ3) is 5.82. The van der Waals surface area contributed by atoms with Gasteiger partial charge in [-0.15, -0.1) is 5.10 Å². The number of benzene rings is 1. The zero-order valence-corrected chi connectivity index (χ0v) is 23.9. The van der Waals surface area contributed by atoms with Crippen LogP contribution in [0.5, 0.6) is 0 Å². The maximum Gasteiger partial charge on any atom is 0.436 e. The maximum absolute atomic E-state index is 13.7. The number of anilines is 1. The fourth-order valence-corrected chi connectivity index (χ4v) is 5.37. The van der Waals surface area contributed by atoms with Gasteiger partial charge in [-0.2, -0.15) is 13.2 Å². The van der Waals surface area contributed by atoms with Crippen molar-refractivity contribution >= 4 is 23.2 Å². The van der Waals surface area contributed by atoms with Crippen LogP contribution in [-0.4, -0.2) is 40.4 Å². The number of carbonyl (C=O) groups is 1. The zero-order valence-electron chi connectivity index (χ0n) is 23.2. The average molecular weight is 621 g/mol. The predicted molar refractivity (Wildman–Crippen MR) is 156 cm³/mol. The van der Waals surface area contributed by atoms with E-state index in [1.54, 1.807) is 24.7 Å². The molecule has 0 spiro atoms. The Hall–Kier alpha value is -4.91. The summed E-state index contributed by atoms with van der Waals surface area (Å²) >= 11 is 6.23. The van der Waals surface area contributed by atoms with Crippen LogP contribution >= 0.6 is 11.6 Å². The molecule has 2 atom stereocenters. The number of carbonyl (C=O) groups excluding carboxylic acids is 1. The van der Waals surface area contributed by atoms with Crippen molar-refractivity contribution in [1.82, 2.24) is 34.5 Å². The van der Waals surface area contributed by atoms with Gasteiger partial charge in [-0.05, 0) is 54.8 Å².